The lowest BCUT2D eigenvalue weighted by Crippen LogP contribution is -2.46. The molecule has 0 aliphatic heterocycles. The molecule has 1 N–H and O–H groups in total. The number of amides is 1. The second kappa shape index (κ2) is 7.85. The molecular formula is C17H25NO2S. The predicted molar refractivity (Wildman–Crippen MR) is 87.6 cm³/mol. The van der Waals surface area contributed by atoms with Crippen molar-refractivity contribution >= 4 is 17.7 Å². The molecule has 3 nitrogen and oxygen atoms in total. The van der Waals surface area contributed by atoms with E-state index in [1.165, 1.54) is 10.5 Å². The van der Waals surface area contributed by atoms with Crippen LogP contribution in [0.25, 0.3) is 0 Å². The zero-order chi connectivity index (χ0) is 15.2. The summed E-state index contributed by atoms with van der Waals surface area (Å²) in [6, 6.07) is 8.39. The summed E-state index contributed by atoms with van der Waals surface area (Å²) < 4.78 is 0. The van der Waals surface area contributed by atoms with Crippen LogP contribution < -0.4 is 0 Å². The standard InChI is InChI=1S/C17H25NO2S/c1-13-7-9-14(10-8-13)21-12-11-17(20)18(2)15-5-3-4-6-16(15)19/h7-10,15-16,19H,3-6,11-12H2,1-2H3. The van der Waals surface area contributed by atoms with Crippen LogP contribution in [-0.2, 0) is 4.79 Å². The van der Waals surface area contributed by atoms with Crippen LogP contribution in [0.2, 0.25) is 0 Å². The van der Waals surface area contributed by atoms with E-state index in [0.29, 0.717) is 6.42 Å². The summed E-state index contributed by atoms with van der Waals surface area (Å²) in [7, 11) is 1.83. The molecule has 21 heavy (non-hydrogen) atoms. The molecule has 1 aliphatic rings. The Bertz CT molecular complexity index is 460. The Morgan fingerprint density at radius 2 is 1.95 bits per heavy atom. The fraction of sp³-hybridized carbons (Fsp3) is 0.588. The van der Waals surface area contributed by atoms with E-state index in [4.69, 9.17) is 0 Å². The van der Waals surface area contributed by atoms with E-state index in [-0.39, 0.29) is 18.1 Å². The molecule has 0 bridgehead atoms. The Kier molecular flexibility index (Phi) is 6.12. The van der Waals surface area contributed by atoms with E-state index >= 15 is 0 Å². The Morgan fingerprint density at radius 3 is 2.62 bits per heavy atom. The first kappa shape index (κ1) is 16.4. The Morgan fingerprint density at radius 1 is 1.29 bits per heavy atom. The maximum Gasteiger partial charge on any atom is 0.223 e. The molecule has 2 rings (SSSR count). The first-order valence-corrected chi connectivity index (χ1v) is 8.69. The maximum absolute atomic E-state index is 12.2. The third kappa shape index (κ3) is 4.75. The quantitative estimate of drug-likeness (QED) is 0.849. The fourth-order valence-electron chi connectivity index (χ4n) is 2.80. The van der Waals surface area contributed by atoms with E-state index in [1.54, 1.807) is 16.7 Å². The van der Waals surface area contributed by atoms with Crippen LogP contribution in [0.4, 0.5) is 0 Å². The molecule has 1 aromatic rings. The van der Waals surface area contributed by atoms with E-state index < -0.39 is 0 Å². The van der Waals surface area contributed by atoms with Crippen molar-refractivity contribution in [1.29, 1.82) is 0 Å². The number of aryl methyl sites for hydroxylation is 1. The minimum absolute atomic E-state index is 0.00984. The average molecular weight is 307 g/mol. The summed E-state index contributed by atoms with van der Waals surface area (Å²) in [5.41, 5.74) is 1.25. The van der Waals surface area contributed by atoms with Gasteiger partial charge in [0.15, 0.2) is 0 Å². The highest BCUT2D eigenvalue weighted by atomic mass is 32.2. The molecule has 116 valence electrons. The fourth-order valence-corrected chi connectivity index (χ4v) is 3.64. The van der Waals surface area contributed by atoms with E-state index in [1.807, 2.05) is 7.05 Å². The highest BCUT2D eigenvalue weighted by Crippen LogP contribution is 2.24. The molecule has 0 saturated heterocycles. The lowest BCUT2D eigenvalue weighted by Gasteiger charge is -2.35. The van der Waals surface area contributed by atoms with Crippen molar-refractivity contribution in [3.05, 3.63) is 29.8 Å². The number of hydrogen-bond acceptors (Lipinski definition) is 3. The number of likely N-dealkylation sites (N-methyl/N-ethyl adjacent to an activating group) is 1. The number of hydrogen-bond donors (Lipinski definition) is 1. The molecule has 2 unspecified atom stereocenters. The predicted octanol–water partition coefficient (Wildman–Crippen LogP) is 3.24. The van der Waals surface area contributed by atoms with E-state index in [0.717, 1.165) is 31.4 Å². The van der Waals surface area contributed by atoms with Gasteiger partial charge in [-0.1, -0.05) is 30.5 Å². The second-order valence-corrected chi connectivity index (χ2v) is 7.00. The van der Waals surface area contributed by atoms with Crippen molar-refractivity contribution in [3.8, 4) is 0 Å². The lowest BCUT2D eigenvalue weighted by molar-refractivity contribution is -0.134. The third-order valence-corrected chi connectivity index (χ3v) is 5.20. The van der Waals surface area contributed by atoms with Crippen molar-refractivity contribution in [3.63, 3.8) is 0 Å². The molecule has 2 atom stereocenters. The van der Waals surface area contributed by atoms with Crippen LogP contribution in [0, 0.1) is 6.92 Å². The molecule has 1 amide bonds. The molecule has 0 heterocycles. The molecule has 4 heteroatoms. The summed E-state index contributed by atoms with van der Waals surface area (Å²) in [6.45, 7) is 2.07. The Labute approximate surface area is 131 Å². The van der Waals surface area contributed by atoms with Gasteiger partial charge in [0.1, 0.15) is 0 Å². The van der Waals surface area contributed by atoms with Gasteiger partial charge in [-0.2, -0.15) is 0 Å². The highest BCUT2D eigenvalue weighted by molar-refractivity contribution is 7.99. The number of nitrogens with zero attached hydrogens (tertiary/aromatic N) is 1. The number of carbonyl (C=O) groups excluding carboxylic acids is 1. The minimum atomic E-state index is -0.350. The third-order valence-electron chi connectivity index (χ3n) is 4.19. The van der Waals surface area contributed by atoms with Crippen molar-refractivity contribution in [2.24, 2.45) is 0 Å². The maximum atomic E-state index is 12.2. The number of carbonyl (C=O) groups is 1. The van der Waals surface area contributed by atoms with Crippen LogP contribution in [0.3, 0.4) is 0 Å². The topological polar surface area (TPSA) is 40.5 Å². The van der Waals surface area contributed by atoms with Crippen LogP contribution in [-0.4, -0.2) is 40.9 Å². The second-order valence-electron chi connectivity index (χ2n) is 5.84. The summed E-state index contributed by atoms with van der Waals surface area (Å²) in [4.78, 5) is 15.2. The van der Waals surface area contributed by atoms with Gasteiger partial charge < -0.3 is 10.0 Å². The SMILES string of the molecule is Cc1ccc(SCCC(=O)N(C)C2CCCCC2O)cc1. The summed E-state index contributed by atoms with van der Waals surface area (Å²) in [6.07, 6.45) is 4.10. The summed E-state index contributed by atoms with van der Waals surface area (Å²) in [5.74, 6) is 0.926. The molecule has 1 saturated carbocycles. The van der Waals surface area contributed by atoms with Gasteiger partial charge in [0.2, 0.25) is 5.91 Å². The monoisotopic (exact) mass is 307 g/mol. The molecule has 0 aromatic heterocycles. The average Bonchev–Trinajstić information content (AvgIpc) is 2.49. The molecule has 1 aliphatic carbocycles. The smallest absolute Gasteiger partial charge is 0.223 e. The molecule has 0 radical (unpaired) electrons. The van der Waals surface area contributed by atoms with Crippen LogP contribution in [0.1, 0.15) is 37.7 Å². The number of rotatable bonds is 5. The van der Waals surface area contributed by atoms with Gasteiger partial charge in [0.25, 0.3) is 0 Å². The van der Waals surface area contributed by atoms with Gasteiger partial charge in [-0.05, 0) is 31.9 Å². The van der Waals surface area contributed by atoms with Gasteiger partial charge in [0.05, 0.1) is 12.1 Å². The van der Waals surface area contributed by atoms with E-state index in [2.05, 4.69) is 31.2 Å². The number of aliphatic hydroxyl groups excluding tert-OH is 1. The van der Waals surface area contributed by atoms with Gasteiger partial charge in [-0.25, -0.2) is 0 Å². The van der Waals surface area contributed by atoms with Gasteiger partial charge >= 0.3 is 0 Å². The largest absolute Gasteiger partial charge is 0.391 e. The number of thioether (sulfide) groups is 1. The lowest BCUT2D eigenvalue weighted by atomic mass is 9.91. The molecule has 1 fully saturated rings. The van der Waals surface area contributed by atoms with Gasteiger partial charge in [0, 0.05) is 24.1 Å². The van der Waals surface area contributed by atoms with Crippen LogP contribution in [0.15, 0.2) is 29.2 Å². The van der Waals surface area contributed by atoms with Crippen molar-refractivity contribution in [2.45, 2.75) is 56.1 Å². The minimum Gasteiger partial charge on any atom is -0.391 e. The molecule has 0 spiro atoms. The first-order chi connectivity index (χ1) is 10.1. The van der Waals surface area contributed by atoms with Crippen LogP contribution >= 0.6 is 11.8 Å². The molecule has 1 aromatic carbocycles. The number of benzene rings is 1. The molecular weight excluding hydrogens is 282 g/mol. The van der Waals surface area contributed by atoms with Crippen molar-refractivity contribution in [1.82, 2.24) is 4.90 Å². The number of aliphatic hydroxyl groups is 1. The zero-order valence-corrected chi connectivity index (χ0v) is 13.7. The zero-order valence-electron chi connectivity index (χ0n) is 12.9. The van der Waals surface area contributed by atoms with Crippen LogP contribution in [0.5, 0.6) is 0 Å². The van der Waals surface area contributed by atoms with Crippen molar-refractivity contribution < 1.29 is 9.90 Å². The van der Waals surface area contributed by atoms with Gasteiger partial charge in [-0.3, -0.25) is 4.79 Å². The Hall–Kier alpha value is -1.00. The van der Waals surface area contributed by atoms with E-state index in [9.17, 15) is 9.90 Å². The highest BCUT2D eigenvalue weighted by Gasteiger charge is 2.28. The Balaban J connectivity index is 1.77. The summed E-state index contributed by atoms with van der Waals surface area (Å²) >= 11 is 1.71. The summed E-state index contributed by atoms with van der Waals surface area (Å²) in [5, 5.41) is 10.0. The normalized spacial score (nSPS) is 22.0. The van der Waals surface area contributed by atoms with Crippen molar-refractivity contribution in [2.75, 3.05) is 12.8 Å². The van der Waals surface area contributed by atoms with Gasteiger partial charge in [-0.15, -0.1) is 11.8 Å². The first-order valence-electron chi connectivity index (χ1n) is 7.71.